The van der Waals surface area contributed by atoms with E-state index in [1.54, 1.807) is 42.5 Å². The number of nitro benzene ring substituents is 1. The highest BCUT2D eigenvalue weighted by atomic mass is 35.5. The summed E-state index contributed by atoms with van der Waals surface area (Å²) in [5.41, 5.74) is 1.37. The number of hydrogen-bond acceptors (Lipinski definition) is 5. The molecule has 0 aliphatic carbocycles. The van der Waals surface area contributed by atoms with Crippen LogP contribution in [-0.2, 0) is 11.3 Å². The van der Waals surface area contributed by atoms with Gasteiger partial charge in [0.2, 0.25) is 5.76 Å². The van der Waals surface area contributed by atoms with E-state index in [9.17, 15) is 14.9 Å². The molecule has 6 nitrogen and oxygen atoms in total. The Morgan fingerprint density at radius 2 is 1.88 bits per heavy atom. The minimum absolute atomic E-state index is 0.0172. The van der Waals surface area contributed by atoms with Crippen molar-refractivity contribution in [2.24, 2.45) is 0 Å². The van der Waals surface area contributed by atoms with Crippen LogP contribution in [-0.4, -0.2) is 10.9 Å². The van der Waals surface area contributed by atoms with Gasteiger partial charge in [0.05, 0.1) is 4.92 Å². The van der Waals surface area contributed by atoms with Gasteiger partial charge in [-0.2, -0.15) is 0 Å². The fraction of sp³-hybridized carbons (Fsp3) is 0.0556. The van der Waals surface area contributed by atoms with Gasteiger partial charge in [-0.3, -0.25) is 10.1 Å². The lowest BCUT2D eigenvalue weighted by molar-refractivity contribution is -0.384. The van der Waals surface area contributed by atoms with Crippen LogP contribution in [0.1, 0.15) is 16.1 Å². The molecule has 0 saturated carbocycles. The number of non-ortho nitro benzene ring substituents is 1. The van der Waals surface area contributed by atoms with Crippen molar-refractivity contribution in [2.45, 2.75) is 6.61 Å². The molecule has 0 atom stereocenters. The summed E-state index contributed by atoms with van der Waals surface area (Å²) in [6, 6.07) is 16.0. The highest BCUT2D eigenvalue weighted by molar-refractivity contribution is 6.30. The second-order valence-electron chi connectivity index (χ2n) is 5.17. The molecule has 0 radical (unpaired) electrons. The fourth-order valence-corrected chi connectivity index (χ4v) is 2.41. The monoisotopic (exact) mass is 357 g/mol. The molecule has 0 bridgehead atoms. The van der Waals surface area contributed by atoms with Crippen LogP contribution >= 0.6 is 11.6 Å². The van der Waals surface area contributed by atoms with E-state index >= 15 is 0 Å². The summed E-state index contributed by atoms with van der Waals surface area (Å²) in [6.45, 7) is 0.0763. The Labute approximate surface area is 147 Å². The molecule has 0 amide bonds. The predicted molar refractivity (Wildman–Crippen MR) is 91.4 cm³/mol. The Hall–Kier alpha value is -3.12. The molecule has 7 heteroatoms. The zero-order chi connectivity index (χ0) is 17.8. The minimum Gasteiger partial charge on any atom is -0.455 e. The van der Waals surface area contributed by atoms with E-state index in [1.807, 2.05) is 0 Å². The molecule has 0 N–H and O–H groups in total. The molecule has 25 heavy (non-hydrogen) atoms. The van der Waals surface area contributed by atoms with Crippen LogP contribution in [0.25, 0.3) is 11.3 Å². The lowest BCUT2D eigenvalue weighted by Gasteiger charge is -2.03. The Kier molecular flexibility index (Phi) is 4.81. The van der Waals surface area contributed by atoms with Crippen LogP contribution in [0.15, 0.2) is 65.1 Å². The van der Waals surface area contributed by atoms with Gasteiger partial charge >= 0.3 is 5.97 Å². The van der Waals surface area contributed by atoms with Gasteiger partial charge in [-0.05, 0) is 42.0 Å². The highest BCUT2D eigenvalue weighted by Crippen LogP contribution is 2.25. The SMILES string of the molecule is O=C(OCc1cccc(Cl)c1)c1ccc(-c2ccc([N+](=O)[O-])cc2)o1. The molecule has 2 aromatic carbocycles. The van der Waals surface area contributed by atoms with E-state index in [2.05, 4.69) is 0 Å². The Balaban J connectivity index is 1.68. The first-order valence-corrected chi connectivity index (χ1v) is 7.67. The van der Waals surface area contributed by atoms with Crippen LogP contribution in [0.3, 0.4) is 0 Å². The predicted octanol–water partition coefficient (Wildman–Crippen LogP) is 4.87. The third-order valence-corrected chi connectivity index (χ3v) is 3.66. The van der Waals surface area contributed by atoms with E-state index < -0.39 is 10.9 Å². The van der Waals surface area contributed by atoms with Crippen molar-refractivity contribution in [2.75, 3.05) is 0 Å². The number of carbonyl (C=O) groups excluding carboxylic acids is 1. The second-order valence-corrected chi connectivity index (χ2v) is 5.61. The van der Waals surface area contributed by atoms with E-state index in [4.69, 9.17) is 20.8 Å². The summed E-state index contributed by atoms with van der Waals surface area (Å²) in [5, 5.41) is 11.2. The van der Waals surface area contributed by atoms with Crippen LogP contribution in [0.4, 0.5) is 5.69 Å². The van der Waals surface area contributed by atoms with Gasteiger partial charge < -0.3 is 9.15 Å². The molecular formula is C18H12ClNO5. The number of furan rings is 1. The van der Waals surface area contributed by atoms with E-state index in [0.29, 0.717) is 16.3 Å². The van der Waals surface area contributed by atoms with Crippen LogP contribution in [0, 0.1) is 10.1 Å². The molecular weight excluding hydrogens is 346 g/mol. The maximum atomic E-state index is 12.1. The van der Waals surface area contributed by atoms with E-state index in [-0.39, 0.29) is 18.1 Å². The molecule has 0 aliphatic rings. The van der Waals surface area contributed by atoms with Gasteiger partial charge in [0.1, 0.15) is 12.4 Å². The zero-order valence-electron chi connectivity index (χ0n) is 12.8. The van der Waals surface area contributed by atoms with Crippen molar-refractivity contribution >= 4 is 23.3 Å². The third-order valence-electron chi connectivity index (χ3n) is 3.43. The van der Waals surface area contributed by atoms with Gasteiger partial charge in [0, 0.05) is 22.7 Å². The maximum absolute atomic E-state index is 12.1. The summed E-state index contributed by atoms with van der Waals surface area (Å²) < 4.78 is 10.7. The van der Waals surface area contributed by atoms with Crippen LogP contribution in [0.2, 0.25) is 5.02 Å². The summed E-state index contributed by atoms with van der Waals surface area (Å²) in [4.78, 5) is 22.2. The molecule has 3 aromatic rings. The summed E-state index contributed by atoms with van der Waals surface area (Å²) >= 11 is 5.88. The molecule has 126 valence electrons. The number of rotatable bonds is 5. The van der Waals surface area contributed by atoms with Crippen molar-refractivity contribution in [3.05, 3.63) is 87.1 Å². The highest BCUT2D eigenvalue weighted by Gasteiger charge is 2.14. The largest absolute Gasteiger partial charge is 0.455 e. The van der Waals surface area contributed by atoms with Crippen molar-refractivity contribution in [3.8, 4) is 11.3 Å². The number of esters is 1. The molecule has 0 fully saturated rings. The molecule has 0 spiro atoms. The average molecular weight is 358 g/mol. The van der Waals surface area contributed by atoms with Gasteiger partial charge in [0.25, 0.3) is 5.69 Å². The van der Waals surface area contributed by atoms with E-state index in [1.165, 1.54) is 18.2 Å². The van der Waals surface area contributed by atoms with Gasteiger partial charge in [-0.25, -0.2) is 4.79 Å². The van der Waals surface area contributed by atoms with Gasteiger partial charge in [-0.1, -0.05) is 23.7 Å². The number of hydrogen-bond donors (Lipinski definition) is 0. The Morgan fingerprint density at radius 3 is 2.56 bits per heavy atom. The first-order valence-electron chi connectivity index (χ1n) is 7.29. The zero-order valence-corrected chi connectivity index (χ0v) is 13.6. The molecule has 0 saturated heterocycles. The van der Waals surface area contributed by atoms with Gasteiger partial charge in [0.15, 0.2) is 0 Å². The number of nitro groups is 1. The Bertz CT molecular complexity index is 917. The number of ether oxygens (including phenoxy) is 1. The molecule has 0 aliphatic heterocycles. The third kappa shape index (κ3) is 4.05. The lowest BCUT2D eigenvalue weighted by Crippen LogP contribution is -2.03. The van der Waals surface area contributed by atoms with Crippen LogP contribution < -0.4 is 0 Å². The quantitative estimate of drug-likeness (QED) is 0.369. The van der Waals surface area contributed by atoms with E-state index in [0.717, 1.165) is 5.56 Å². The minimum atomic E-state index is -0.604. The number of nitrogens with zero attached hydrogens (tertiary/aromatic N) is 1. The van der Waals surface area contributed by atoms with Crippen LogP contribution in [0.5, 0.6) is 0 Å². The van der Waals surface area contributed by atoms with Gasteiger partial charge in [-0.15, -0.1) is 0 Å². The standard InChI is InChI=1S/C18H12ClNO5/c19-14-3-1-2-12(10-14)11-24-18(21)17-9-8-16(25-17)13-4-6-15(7-5-13)20(22)23/h1-10H,11H2. The average Bonchev–Trinajstić information content (AvgIpc) is 3.10. The maximum Gasteiger partial charge on any atom is 0.374 e. The topological polar surface area (TPSA) is 82.6 Å². The van der Waals surface area contributed by atoms with Crippen molar-refractivity contribution in [1.82, 2.24) is 0 Å². The van der Waals surface area contributed by atoms with Crippen molar-refractivity contribution in [1.29, 1.82) is 0 Å². The van der Waals surface area contributed by atoms with Crippen molar-refractivity contribution in [3.63, 3.8) is 0 Å². The first kappa shape index (κ1) is 16.7. The van der Waals surface area contributed by atoms with Crippen molar-refractivity contribution < 1.29 is 18.9 Å². The molecule has 3 rings (SSSR count). The lowest BCUT2D eigenvalue weighted by atomic mass is 10.1. The second kappa shape index (κ2) is 7.19. The smallest absolute Gasteiger partial charge is 0.374 e. The molecule has 0 unspecified atom stereocenters. The summed E-state index contributed by atoms with van der Waals surface area (Å²) in [7, 11) is 0. The molecule has 1 heterocycles. The fourth-order valence-electron chi connectivity index (χ4n) is 2.20. The number of carbonyl (C=O) groups is 1. The normalized spacial score (nSPS) is 10.4. The Morgan fingerprint density at radius 1 is 1.12 bits per heavy atom. The number of halogens is 1. The summed E-state index contributed by atoms with van der Waals surface area (Å²) in [6.07, 6.45) is 0. The first-order chi connectivity index (χ1) is 12.0. The summed E-state index contributed by atoms with van der Waals surface area (Å²) in [5.74, 6) is -0.131. The molecule has 1 aromatic heterocycles. The number of benzene rings is 2.